The van der Waals surface area contributed by atoms with E-state index < -0.39 is 0 Å². The van der Waals surface area contributed by atoms with E-state index in [4.69, 9.17) is 8.83 Å². The van der Waals surface area contributed by atoms with Crippen LogP contribution < -0.4 is 20.7 Å². The number of piperazine rings is 1. The van der Waals surface area contributed by atoms with Crippen LogP contribution >= 0.6 is 12.4 Å². The van der Waals surface area contributed by atoms with Gasteiger partial charge in [0.2, 0.25) is 0 Å². The number of para-hydroxylation sites is 1. The van der Waals surface area contributed by atoms with E-state index in [0.717, 1.165) is 32.0 Å². The van der Waals surface area contributed by atoms with Crippen LogP contribution in [0.1, 0.15) is 22.1 Å². The Bertz CT molecular complexity index is 1290. The molecule has 1 amide bonds. The predicted octanol–water partition coefficient (Wildman–Crippen LogP) is 3.16. The lowest BCUT2D eigenvalue weighted by atomic mass is 10.2. The third-order valence-electron chi connectivity index (χ3n) is 5.77. The minimum atomic E-state index is -0.354. The van der Waals surface area contributed by atoms with E-state index in [-0.39, 0.29) is 42.7 Å². The smallest absolute Gasteiger partial charge is 0.287 e. The van der Waals surface area contributed by atoms with E-state index in [1.807, 2.05) is 18.2 Å². The van der Waals surface area contributed by atoms with E-state index in [0.29, 0.717) is 11.5 Å². The Labute approximate surface area is 208 Å². The Morgan fingerprint density at radius 3 is 2.40 bits per heavy atom. The molecule has 0 spiro atoms. The first-order valence-electron chi connectivity index (χ1n) is 11.2. The summed E-state index contributed by atoms with van der Waals surface area (Å²) < 4.78 is 12.2. The first kappa shape index (κ1) is 24.2. The summed E-state index contributed by atoms with van der Waals surface area (Å²) in [6, 6.07) is 20.4. The van der Waals surface area contributed by atoms with Crippen LogP contribution in [0.3, 0.4) is 0 Å². The number of rotatable bonds is 7. The number of hydrogen-bond donors (Lipinski definition) is 1. The molecular formula is C25H26ClN5O4. The fraction of sp³-hybridized carbons (Fsp3) is 0.240. The fourth-order valence-electron chi connectivity index (χ4n) is 3.95. The van der Waals surface area contributed by atoms with Gasteiger partial charge in [0.1, 0.15) is 23.9 Å². The first-order chi connectivity index (χ1) is 16.7. The second kappa shape index (κ2) is 11.0. The molecule has 0 aliphatic carbocycles. The van der Waals surface area contributed by atoms with Crippen molar-refractivity contribution in [1.29, 1.82) is 0 Å². The van der Waals surface area contributed by atoms with Crippen molar-refractivity contribution in [2.75, 3.05) is 36.0 Å². The summed E-state index contributed by atoms with van der Waals surface area (Å²) in [5.74, 6) is 1.69. The molecule has 9 nitrogen and oxygen atoms in total. The summed E-state index contributed by atoms with van der Waals surface area (Å²) in [4.78, 5) is 29.2. The number of carbonyl (C=O) groups excluding carboxylic acids is 1. The molecule has 182 valence electrons. The molecule has 4 heterocycles. The molecule has 35 heavy (non-hydrogen) atoms. The Hall–Kier alpha value is -3.98. The van der Waals surface area contributed by atoms with Gasteiger partial charge in [0.05, 0.1) is 12.8 Å². The van der Waals surface area contributed by atoms with E-state index in [2.05, 4.69) is 32.3 Å². The Morgan fingerprint density at radius 2 is 1.66 bits per heavy atom. The topological polar surface area (TPSA) is 96.8 Å². The molecule has 5 rings (SSSR count). The van der Waals surface area contributed by atoms with Crippen molar-refractivity contribution < 1.29 is 13.6 Å². The van der Waals surface area contributed by atoms with Gasteiger partial charge in [0.15, 0.2) is 5.76 Å². The SMILES string of the molecule is Cl.O=C(NCc1ccco1)c1ccc(Cn2nc(N3CCN(c4ccccc4)CC3)ccc2=O)o1. The minimum absolute atomic E-state index is 0. The summed E-state index contributed by atoms with van der Waals surface area (Å²) in [7, 11) is 0. The van der Waals surface area contributed by atoms with Crippen molar-refractivity contribution in [1.82, 2.24) is 15.1 Å². The third-order valence-corrected chi connectivity index (χ3v) is 5.77. The molecule has 3 aromatic heterocycles. The van der Waals surface area contributed by atoms with Crippen LogP contribution in [0.25, 0.3) is 0 Å². The van der Waals surface area contributed by atoms with Crippen LogP contribution in [0.2, 0.25) is 0 Å². The number of benzene rings is 1. The van der Waals surface area contributed by atoms with Gasteiger partial charge in [0.25, 0.3) is 11.5 Å². The van der Waals surface area contributed by atoms with Gasteiger partial charge in [0, 0.05) is 37.9 Å². The van der Waals surface area contributed by atoms with Crippen molar-refractivity contribution in [2.45, 2.75) is 13.1 Å². The van der Waals surface area contributed by atoms with E-state index in [1.54, 1.807) is 36.6 Å². The van der Waals surface area contributed by atoms with Gasteiger partial charge in [-0.3, -0.25) is 9.59 Å². The van der Waals surface area contributed by atoms with Gasteiger partial charge < -0.3 is 24.0 Å². The summed E-state index contributed by atoms with van der Waals surface area (Å²) in [5.41, 5.74) is 0.980. The quantitative estimate of drug-likeness (QED) is 0.420. The predicted molar refractivity (Wildman–Crippen MR) is 134 cm³/mol. The van der Waals surface area contributed by atoms with Gasteiger partial charge in [-0.15, -0.1) is 12.4 Å². The average molecular weight is 496 g/mol. The Morgan fingerprint density at radius 1 is 0.886 bits per heavy atom. The largest absolute Gasteiger partial charge is 0.467 e. The van der Waals surface area contributed by atoms with E-state index in [1.165, 1.54) is 16.4 Å². The number of nitrogens with one attached hydrogen (secondary N) is 1. The standard InChI is InChI=1S/C25H25N5O4.ClH/c31-24-11-10-23(29-14-12-28(13-15-29)19-5-2-1-3-6-19)27-30(24)18-21-8-9-22(34-21)25(32)26-17-20-7-4-16-33-20;/h1-11,16H,12-15,17-18H2,(H,26,32);1H. The molecule has 0 atom stereocenters. The van der Waals surface area contributed by atoms with Crippen LogP contribution in [-0.4, -0.2) is 41.9 Å². The van der Waals surface area contributed by atoms with Gasteiger partial charge in [-0.05, 0) is 42.5 Å². The lowest BCUT2D eigenvalue weighted by molar-refractivity contribution is 0.0918. The van der Waals surface area contributed by atoms with Crippen molar-refractivity contribution in [3.8, 4) is 0 Å². The molecule has 0 radical (unpaired) electrons. The molecule has 0 saturated carbocycles. The second-order valence-corrected chi connectivity index (χ2v) is 8.03. The number of hydrogen-bond acceptors (Lipinski definition) is 7. The fourth-order valence-corrected chi connectivity index (χ4v) is 3.95. The van der Waals surface area contributed by atoms with Gasteiger partial charge in [-0.25, -0.2) is 4.68 Å². The minimum Gasteiger partial charge on any atom is -0.467 e. The number of halogens is 1. The molecule has 1 N–H and O–H groups in total. The zero-order chi connectivity index (χ0) is 23.3. The first-order valence-corrected chi connectivity index (χ1v) is 11.2. The number of aromatic nitrogens is 2. The average Bonchev–Trinajstić information content (AvgIpc) is 3.57. The molecule has 1 aromatic carbocycles. The van der Waals surface area contributed by atoms with Crippen molar-refractivity contribution in [3.05, 3.63) is 101 Å². The zero-order valence-electron chi connectivity index (χ0n) is 19.0. The monoisotopic (exact) mass is 495 g/mol. The maximum atomic E-state index is 12.4. The molecule has 10 heteroatoms. The highest BCUT2D eigenvalue weighted by Crippen LogP contribution is 2.18. The molecular weight excluding hydrogens is 470 g/mol. The normalized spacial score (nSPS) is 13.4. The molecule has 1 fully saturated rings. The second-order valence-electron chi connectivity index (χ2n) is 8.03. The van der Waals surface area contributed by atoms with E-state index in [9.17, 15) is 9.59 Å². The van der Waals surface area contributed by atoms with Crippen LogP contribution in [0, 0.1) is 0 Å². The van der Waals surface area contributed by atoms with Crippen molar-refractivity contribution >= 4 is 29.8 Å². The number of amides is 1. The van der Waals surface area contributed by atoms with Crippen molar-refractivity contribution in [2.24, 2.45) is 0 Å². The number of carbonyl (C=O) groups is 1. The summed E-state index contributed by atoms with van der Waals surface area (Å²) in [5, 5.41) is 7.29. The maximum absolute atomic E-state index is 12.4. The molecule has 1 aliphatic heterocycles. The highest BCUT2D eigenvalue weighted by atomic mass is 35.5. The lowest BCUT2D eigenvalue weighted by Crippen LogP contribution is -2.47. The number of furan rings is 2. The molecule has 1 saturated heterocycles. The third kappa shape index (κ3) is 5.75. The molecule has 4 aromatic rings. The summed E-state index contributed by atoms with van der Waals surface area (Å²) in [6.45, 7) is 3.77. The summed E-state index contributed by atoms with van der Waals surface area (Å²) >= 11 is 0. The van der Waals surface area contributed by atoms with E-state index >= 15 is 0 Å². The Kier molecular flexibility index (Phi) is 7.57. The van der Waals surface area contributed by atoms with Crippen LogP contribution in [0.4, 0.5) is 11.5 Å². The van der Waals surface area contributed by atoms with Crippen LogP contribution in [0.15, 0.2) is 86.6 Å². The van der Waals surface area contributed by atoms with Crippen LogP contribution in [-0.2, 0) is 13.1 Å². The van der Waals surface area contributed by atoms with Gasteiger partial charge >= 0.3 is 0 Å². The molecule has 1 aliphatic rings. The maximum Gasteiger partial charge on any atom is 0.287 e. The highest BCUT2D eigenvalue weighted by Gasteiger charge is 2.19. The number of anilines is 2. The Balaban J connectivity index is 0.00000289. The van der Waals surface area contributed by atoms with Crippen LogP contribution in [0.5, 0.6) is 0 Å². The zero-order valence-corrected chi connectivity index (χ0v) is 19.8. The molecule has 0 unspecified atom stereocenters. The lowest BCUT2D eigenvalue weighted by Gasteiger charge is -2.36. The van der Waals surface area contributed by atoms with Gasteiger partial charge in [-0.2, -0.15) is 5.10 Å². The van der Waals surface area contributed by atoms with Gasteiger partial charge in [-0.1, -0.05) is 18.2 Å². The highest BCUT2D eigenvalue weighted by molar-refractivity contribution is 5.91. The molecule has 0 bridgehead atoms. The summed E-state index contributed by atoms with van der Waals surface area (Å²) in [6.07, 6.45) is 1.55. The number of nitrogens with zero attached hydrogens (tertiary/aromatic N) is 4. The van der Waals surface area contributed by atoms with Crippen molar-refractivity contribution in [3.63, 3.8) is 0 Å².